The van der Waals surface area contributed by atoms with Gasteiger partial charge in [-0.3, -0.25) is 0 Å². The molecule has 2 nitrogen and oxygen atoms in total. The van der Waals surface area contributed by atoms with Crippen LogP contribution in [0.1, 0.15) is 12.5 Å². The third-order valence-corrected chi connectivity index (χ3v) is 3.04. The van der Waals surface area contributed by atoms with Crippen LogP contribution in [0.3, 0.4) is 0 Å². The van der Waals surface area contributed by atoms with Gasteiger partial charge >= 0.3 is 0 Å². The second kappa shape index (κ2) is 6.34. The molecule has 0 aliphatic rings. The summed E-state index contributed by atoms with van der Waals surface area (Å²) in [5.74, 6) is 0.561. The first-order valence-electron chi connectivity index (χ1n) is 6.38. The van der Waals surface area contributed by atoms with E-state index in [1.807, 2.05) is 43.3 Å². The van der Waals surface area contributed by atoms with Gasteiger partial charge in [0.25, 0.3) is 0 Å². The van der Waals surface area contributed by atoms with Gasteiger partial charge in [0.2, 0.25) is 0 Å². The van der Waals surface area contributed by atoms with Gasteiger partial charge < -0.3 is 10.1 Å². The highest BCUT2D eigenvalue weighted by atomic mass is 19.1. The van der Waals surface area contributed by atoms with Gasteiger partial charge in [0.15, 0.2) is 0 Å². The highest BCUT2D eigenvalue weighted by molar-refractivity contribution is 5.70. The van der Waals surface area contributed by atoms with Crippen molar-refractivity contribution >= 4 is 0 Å². The van der Waals surface area contributed by atoms with E-state index in [0.29, 0.717) is 12.1 Å². The standard InChI is InChI=1S/C16H18FNO/c1-3-18-11-13-9-8-12(10-15(13)17)14-6-4-5-7-16(14)19-2/h4-10,18H,3,11H2,1-2H3. The Balaban J connectivity index is 2.33. The van der Waals surface area contributed by atoms with Crippen LogP contribution in [0.25, 0.3) is 11.1 Å². The average Bonchev–Trinajstić information content (AvgIpc) is 2.46. The Morgan fingerprint density at radius 1 is 1.16 bits per heavy atom. The fourth-order valence-electron chi connectivity index (χ4n) is 2.00. The molecule has 0 unspecified atom stereocenters. The van der Waals surface area contributed by atoms with E-state index in [2.05, 4.69) is 5.32 Å². The van der Waals surface area contributed by atoms with E-state index in [1.165, 1.54) is 0 Å². The smallest absolute Gasteiger partial charge is 0.128 e. The second-order valence-corrected chi connectivity index (χ2v) is 4.29. The average molecular weight is 259 g/mol. The zero-order valence-electron chi connectivity index (χ0n) is 11.2. The van der Waals surface area contributed by atoms with E-state index in [4.69, 9.17) is 4.74 Å². The Morgan fingerprint density at radius 3 is 2.63 bits per heavy atom. The van der Waals surface area contributed by atoms with E-state index in [0.717, 1.165) is 23.4 Å². The summed E-state index contributed by atoms with van der Waals surface area (Å²) >= 11 is 0. The molecule has 0 saturated carbocycles. The predicted octanol–water partition coefficient (Wildman–Crippen LogP) is 3.61. The van der Waals surface area contributed by atoms with Crippen LogP contribution < -0.4 is 10.1 Å². The Morgan fingerprint density at radius 2 is 1.95 bits per heavy atom. The van der Waals surface area contributed by atoms with Gasteiger partial charge in [-0.1, -0.05) is 37.3 Å². The highest BCUT2D eigenvalue weighted by Gasteiger charge is 2.08. The van der Waals surface area contributed by atoms with Crippen molar-refractivity contribution in [3.05, 3.63) is 53.8 Å². The van der Waals surface area contributed by atoms with Gasteiger partial charge in [-0.2, -0.15) is 0 Å². The van der Waals surface area contributed by atoms with E-state index in [-0.39, 0.29) is 5.82 Å². The Hall–Kier alpha value is -1.87. The third-order valence-electron chi connectivity index (χ3n) is 3.04. The van der Waals surface area contributed by atoms with Crippen LogP contribution in [0.5, 0.6) is 5.75 Å². The Labute approximate surface area is 113 Å². The molecule has 0 heterocycles. The molecule has 0 saturated heterocycles. The monoisotopic (exact) mass is 259 g/mol. The van der Waals surface area contributed by atoms with Gasteiger partial charge in [-0.25, -0.2) is 4.39 Å². The molecule has 100 valence electrons. The van der Waals surface area contributed by atoms with Crippen LogP contribution in [0, 0.1) is 5.82 Å². The molecule has 1 N–H and O–H groups in total. The van der Waals surface area contributed by atoms with Crippen LogP contribution in [-0.4, -0.2) is 13.7 Å². The number of halogens is 1. The number of ether oxygens (including phenoxy) is 1. The molecule has 2 aromatic rings. The fourth-order valence-corrected chi connectivity index (χ4v) is 2.00. The molecule has 0 radical (unpaired) electrons. The van der Waals surface area contributed by atoms with Gasteiger partial charge in [0, 0.05) is 17.7 Å². The third kappa shape index (κ3) is 3.12. The summed E-state index contributed by atoms with van der Waals surface area (Å²) < 4.78 is 19.3. The van der Waals surface area contributed by atoms with Crippen molar-refractivity contribution in [3.63, 3.8) is 0 Å². The zero-order valence-corrected chi connectivity index (χ0v) is 11.2. The van der Waals surface area contributed by atoms with Gasteiger partial charge in [-0.05, 0) is 24.2 Å². The maximum Gasteiger partial charge on any atom is 0.128 e. The molecule has 0 aliphatic carbocycles. The minimum atomic E-state index is -0.190. The van der Waals surface area contributed by atoms with Crippen LogP contribution in [0.15, 0.2) is 42.5 Å². The molecule has 2 aromatic carbocycles. The molecule has 0 bridgehead atoms. The molecule has 0 aromatic heterocycles. The molecule has 19 heavy (non-hydrogen) atoms. The number of rotatable bonds is 5. The van der Waals surface area contributed by atoms with Crippen molar-refractivity contribution in [1.82, 2.24) is 5.32 Å². The van der Waals surface area contributed by atoms with Crippen LogP contribution in [0.2, 0.25) is 0 Å². The predicted molar refractivity (Wildman–Crippen MR) is 75.8 cm³/mol. The molecule has 0 amide bonds. The minimum absolute atomic E-state index is 0.190. The maximum atomic E-state index is 14.0. The number of methoxy groups -OCH3 is 1. The SMILES string of the molecule is CCNCc1ccc(-c2ccccc2OC)cc1F. The second-order valence-electron chi connectivity index (χ2n) is 4.29. The molecule has 3 heteroatoms. The van der Waals surface area contributed by atoms with Crippen molar-refractivity contribution < 1.29 is 9.13 Å². The highest BCUT2D eigenvalue weighted by Crippen LogP contribution is 2.30. The summed E-state index contributed by atoms with van der Waals surface area (Å²) in [7, 11) is 1.62. The summed E-state index contributed by atoms with van der Waals surface area (Å²) in [6.07, 6.45) is 0. The Bertz CT molecular complexity index is 554. The summed E-state index contributed by atoms with van der Waals surface area (Å²) in [5, 5.41) is 3.12. The van der Waals surface area contributed by atoms with Crippen molar-refractivity contribution in [2.24, 2.45) is 0 Å². The van der Waals surface area contributed by atoms with Crippen LogP contribution in [0.4, 0.5) is 4.39 Å². The van der Waals surface area contributed by atoms with Crippen molar-refractivity contribution in [3.8, 4) is 16.9 Å². The lowest BCUT2D eigenvalue weighted by molar-refractivity contribution is 0.416. The summed E-state index contributed by atoms with van der Waals surface area (Å²) in [4.78, 5) is 0. The number of hydrogen-bond donors (Lipinski definition) is 1. The number of benzene rings is 2. The normalized spacial score (nSPS) is 10.5. The van der Waals surface area contributed by atoms with Crippen LogP contribution >= 0.6 is 0 Å². The topological polar surface area (TPSA) is 21.3 Å². The van der Waals surface area contributed by atoms with E-state index >= 15 is 0 Å². The quantitative estimate of drug-likeness (QED) is 0.885. The fraction of sp³-hybridized carbons (Fsp3) is 0.250. The van der Waals surface area contributed by atoms with Gasteiger partial charge in [0.05, 0.1) is 7.11 Å². The molecule has 0 spiro atoms. The molecule has 0 aliphatic heterocycles. The van der Waals surface area contributed by atoms with E-state index in [9.17, 15) is 4.39 Å². The lowest BCUT2D eigenvalue weighted by atomic mass is 10.0. The number of nitrogens with one attached hydrogen (secondary N) is 1. The molecule has 2 rings (SSSR count). The summed E-state index contributed by atoms with van der Waals surface area (Å²) in [6.45, 7) is 3.38. The van der Waals surface area contributed by atoms with Crippen molar-refractivity contribution in [1.29, 1.82) is 0 Å². The number of para-hydroxylation sites is 1. The first-order valence-corrected chi connectivity index (χ1v) is 6.38. The number of hydrogen-bond acceptors (Lipinski definition) is 2. The van der Waals surface area contributed by atoms with Gasteiger partial charge in [-0.15, -0.1) is 0 Å². The van der Waals surface area contributed by atoms with Crippen molar-refractivity contribution in [2.75, 3.05) is 13.7 Å². The Kier molecular flexibility index (Phi) is 4.53. The molecular formula is C16H18FNO. The summed E-state index contributed by atoms with van der Waals surface area (Å²) in [5.41, 5.74) is 2.41. The molecular weight excluding hydrogens is 241 g/mol. The first-order chi connectivity index (χ1) is 9.26. The van der Waals surface area contributed by atoms with Crippen molar-refractivity contribution in [2.45, 2.75) is 13.5 Å². The first kappa shape index (κ1) is 13.6. The zero-order chi connectivity index (χ0) is 13.7. The molecule has 0 atom stereocenters. The largest absolute Gasteiger partial charge is 0.496 e. The summed E-state index contributed by atoms with van der Waals surface area (Å²) in [6, 6.07) is 12.9. The lowest BCUT2D eigenvalue weighted by Crippen LogP contribution is -2.12. The molecule has 0 fully saturated rings. The van der Waals surface area contributed by atoms with Crippen LogP contribution in [-0.2, 0) is 6.54 Å². The maximum absolute atomic E-state index is 14.0. The van der Waals surface area contributed by atoms with E-state index < -0.39 is 0 Å². The lowest BCUT2D eigenvalue weighted by Gasteiger charge is -2.10. The van der Waals surface area contributed by atoms with Gasteiger partial charge in [0.1, 0.15) is 11.6 Å². The minimum Gasteiger partial charge on any atom is -0.496 e. The van der Waals surface area contributed by atoms with E-state index in [1.54, 1.807) is 13.2 Å².